The SMILES string of the molecule is CC(C)C(C)NC(=O)NCC(C(=O)O)C(C)C. The third kappa shape index (κ3) is 6.14. The van der Waals surface area contributed by atoms with Gasteiger partial charge in [0.1, 0.15) is 0 Å². The molecule has 0 spiro atoms. The summed E-state index contributed by atoms with van der Waals surface area (Å²) in [6.07, 6.45) is 0. The Labute approximate surface area is 103 Å². The summed E-state index contributed by atoms with van der Waals surface area (Å²) >= 11 is 0. The van der Waals surface area contributed by atoms with E-state index in [1.165, 1.54) is 0 Å². The molecule has 0 fully saturated rings. The molecule has 0 aliphatic rings. The highest BCUT2D eigenvalue weighted by atomic mass is 16.4. The number of carboxylic acid groups (broad SMARTS) is 1. The van der Waals surface area contributed by atoms with E-state index in [1.54, 1.807) is 0 Å². The van der Waals surface area contributed by atoms with Gasteiger partial charge in [0.2, 0.25) is 0 Å². The fourth-order valence-corrected chi connectivity index (χ4v) is 1.24. The maximum Gasteiger partial charge on any atom is 0.315 e. The van der Waals surface area contributed by atoms with Gasteiger partial charge in [-0.2, -0.15) is 0 Å². The lowest BCUT2D eigenvalue weighted by atomic mass is 9.96. The van der Waals surface area contributed by atoms with Crippen molar-refractivity contribution in [3.63, 3.8) is 0 Å². The van der Waals surface area contributed by atoms with E-state index in [9.17, 15) is 9.59 Å². The van der Waals surface area contributed by atoms with Crippen LogP contribution in [-0.4, -0.2) is 29.7 Å². The molecule has 100 valence electrons. The van der Waals surface area contributed by atoms with Gasteiger partial charge in [-0.25, -0.2) is 4.79 Å². The molecule has 5 nitrogen and oxygen atoms in total. The average molecular weight is 244 g/mol. The first-order valence-electron chi connectivity index (χ1n) is 6.02. The van der Waals surface area contributed by atoms with Gasteiger partial charge in [0.05, 0.1) is 5.92 Å². The van der Waals surface area contributed by atoms with Crippen LogP contribution < -0.4 is 10.6 Å². The summed E-state index contributed by atoms with van der Waals surface area (Å²) in [6.45, 7) is 9.76. The maximum absolute atomic E-state index is 11.5. The van der Waals surface area contributed by atoms with Crippen LogP contribution in [0.25, 0.3) is 0 Å². The van der Waals surface area contributed by atoms with Crippen molar-refractivity contribution in [2.45, 2.75) is 40.7 Å². The zero-order chi connectivity index (χ0) is 13.6. The van der Waals surface area contributed by atoms with Gasteiger partial charge in [0.25, 0.3) is 0 Å². The molecule has 2 atom stereocenters. The predicted molar refractivity (Wildman–Crippen MR) is 66.8 cm³/mol. The second-order valence-corrected chi connectivity index (χ2v) is 5.08. The van der Waals surface area contributed by atoms with Crippen molar-refractivity contribution in [1.29, 1.82) is 0 Å². The number of carbonyl (C=O) groups is 2. The van der Waals surface area contributed by atoms with Crippen LogP contribution in [0.5, 0.6) is 0 Å². The highest BCUT2D eigenvalue weighted by molar-refractivity contribution is 5.76. The van der Waals surface area contributed by atoms with Gasteiger partial charge >= 0.3 is 12.0 Å². The van der Waals surface area contributed by atoms with E-state index in [4.69, 9.17) is 5.11 Å². The van der Waals surface area contributed by atoms with Crippen molar-refractivity contribution in [3.8, 4) is 0 Å². The third-order valence-electron chi connectivity index (χ3n) is 2.96. The van der Waals surface area contributed by atoms with Crippen molar-refractivity contribution >= 4 is 12.0 Å². The van der Waals surface area contributed by atoms with Crippen LogP contribution in [0.2, 0.25) is 0 Å². The van der Waals surface area contributed by atoms with E-state index in [-0.39, 0.29) is 24.5 Å². The molecule has 2 amide bonds. The minimum Gasteiger partial charge on any atom is -0.481 e. The monoisotopic (exact) mass is 244 g/mol. The molecule has 5 heteroatoms. The number of hydrogen-bond donors (Lipinski definition) is 3. The fourth-order valence-electron chi connectivity index (χ4n) is 1.24. The van der Waals surface area contributed by atoms with Gasteiger partial charge in [-0.1, -0.05) is 27.7 Å². The summed E-state index contributed by atoms with van der Waals surface area (Å²) in [4.78, 5) is 22.4. The Morgan fingerprint density at radius 2 is 1.59 bits per heavy atom. The van der Waals surface area contributed by atoms with Gasteiger partial charge in [-0.05, 0) is 18.8 Å². The lowest BCUT2D eigenvalue weighted by Crippen LogP contribution is -2.45. The minimum atomic E-state index is -0.878. The van der Waals surface area contributed by atoms with E-state index >= 15 is 0 Å². The standard InChI is InChI=1S/C12H24N2O3/c1-7(2)9(5)14-12(17)13-6-10(8(3)4)11(15)16/h7-10H,6H2,1-5H3,(H,15,16)(H2,13,14,17). The summed E-state index contributed by atoms with van der Waals surface area (Å²) in [5, 5.41) is 14.3. The lowest BCUT2D eigenvalue weighted by Gasteiger charge is -2.20. The molecule has 0 saturated heterocycles. The Balaban J connectivity index is 4.10. The molecule has 0 rings (SSSR count). The van der Waals surface area contributed by atoms with Gasteiger partial charge in [0.15, 0.2) is 0 Å². The molecule has 0 aliphatic carbocycles. The highest BCUT2D eigenvalue weighted by Gasteiger charge is 2.22. The number of aliphatic carboxylic acids is 1. The summed E-state index contributed by atoms with van der Waals surface area (Å²) in [5.41, 5.74) is 0. The van der Waals surface area contributed by atoms with Crippen molar-refractivity contribution in [1.82, 2.24) is 10.6 Å². The number of hydrogen-bond acceptors (Lipinski definition) is 2. The summed E-state index contributed by atoms with van der Waals surface area (Å²) in [6, 6.07) is -0.240. The van der Waals surface area contributed by atoms with E-state index in [0.717, 1.165) is 0 Å². The van der Waals surface area contributed by atoms with Gasteiger partial charge in [-0.3, -0.25) is 4.79 Å². The summed E-state index contributed by atoms with van der Waals surface area (Å²) < 4.78 is 0. The van der Waals surface area contributed by atoms with Crippen molar-refractivity contribution < 1.29 is 14.7 Å². The van der Waals surface area contributed by atoms with Crippen LogP contribution in [0.15, 0.2) is 0 Å². The lowest BCUT2D eigenvalue weighted by molar-refractivity contribution is -0.142. The first kappa shape index (κ1) is 15.7. The Morgan fingerprint density at radius 3 is 1.94 bits per heavy atom. The van der Waals surface area contributed by atoms with Gasteiger partial charge in [0, 0.05) is 12.6 Å². The molecule has 0 saturated carbocycles. The summed E-state index contributed by atoms with van der Waals surface area (Å²) in [7, 11) is 0. The molecule has 0 heterocycles. The van der Waals surface area contributed by atoms with Crippen molar-refractivity contribution in [2.24, 2.45) is 17.8 Å². The normalized spacial score (nSPS) is 14.5. The van der Waals surface area contributed by atoms with Crippen LogP contribution in [0.3, 0.4) is 0 Å². The Morgan fingerprint density at radius 1 is 1.06 bits per heavy atom. The summed E-state index contributed by atoms with van der Waals surface area (Å²) in [5.74, 6) is -1.08. The van der Waals surface area contributed by atoms with Crippen LogP contribution >= 0.6 is 0 Å². The zero-order valence-electron chi connectivity index (χ0n) is 11.3. The Hall–Kier alpha value is -1.26. The molecule has 0 aromatic heterocycles. The van der Waals surface area contributed by atoms with Crippen LogP contribution in [0.1, 0.15) is 34.6 Å². The Kier molecular flexibility index (Phi) is 6.61. The van der Waals surface area contributed by atoms with Crippen LogP contribution in [0, 0.1) is 17.8 Å². The maximum atomic E-state index is 11.5. The molecule has 0 radical (unpaired) electrons. The first-order chi connectivity index (χ1) is 7.75. The van der Waals surface area contributed by atoms with Crippen molar-refractivity contribution in [3.05, 3.63) is 0 Å². The van der Waals surface area contributed by atoms with Gasteiger partial charge in [-0.15, -0.1) is 0 Å². The highest BCUT2D eigenvalue weighted by Crippen LogP contribution is 2.09. The fraction of sp³-hybridized carbons (Fsp3) is 0.833. The number of urea groups is 1. The van der Waals surface area contributed by atoms with Crippen LogP contribution in [0.4, 0.5) is 4.79 Å². The zero-order valence-corrected chi connectivity index (χ0v) is 11.3. The Bertz CT molecular complexity index is 264. The number of amides is 2. The topological polar surface area (TPSA) is 78.4 Å². The molecular weight excluding hydrogens is 220 g/mol. The molecule has 3 N–H and O–H groups in total. The largest absolute Gasteiger partial charge is 0.481 e. The number of carboxylic acids is 1. The molecule has 0 aromatic rings. The third-order valence-corrected chi connectivity index (χ3v) is 2.96. The predicted octanol–water partition coefficient (Wildman–Crippen LogP) is 1.69. The quantitative estimate of drug-likeness (QED) is 0.665. The first-order valence-corrected chi connectivity index (χ1v) is 6.02. The van der Waals surface area contributed by atoms with E-state index in [1.807, 2.05) is 34.6 Å². The smallest absolute Gasteiger partial charge is 0.315 e. The van der Waals surface area contributed by atoms with Crippen LogP contribution in [-0.2, 0) is 4.79 Å². The second-order valence-electron chi connectivity index (χ2n) is 5.08. The molecular formula is C12H24N2O3. The number of nitrogens with one attached hydrogen (secondary N) is 2. The van der Waals surface area contributed by atoms with E-state index in [2.05, 4.69) is 10.6 Å². The molecule has 0 aliphatic heterocycles. The second kappa shape index (κ2) is 7.14. The van der Waals surface area contributed by atoms with E-state index < -0.39 is 11.9 Å². The minimum absolute atomic E-state index is 0.00433. The molecule has 17 heavy (non-hydrogen) atoms. The van der Waals surface area contributed by atoms with E-state index in [0.29, 0.717) is 5.92 Å². The number of rotatable bonds is 6. The number of carbonyl (C=O) groups excluding carboxylic acids is 1. The molecule has 0 aromatic carbocycles. The average Bonchev–Trinajstić information content (AvgIpc) is 2.16. The van der Waals surface area contributed by atoms with Crippen molar-refractivity contribution in [2.75, 3.05) is 6.54 Å². The van der Waals surface area contributed by atoms with Gasteiger partial charge < -0.3 is 15.7 Å². The molecule has 0 bridgehead atoms. The molecule has 2 unspecified atom stereocenters.